The van der Waals surface area contributed by atoms with Crippen LogP contribution >= 0.6 is 0 Å². The zero-order valence-corrected chi connectivity index (χ0v) is 13.6. The Labute approximate surface area is 118 Å². The van der Waals surface area contributed by atoms with E-state index in [1.54, 1.807) is 0 Å². The van der Waals surface area contributed by atoms with Crippen molar-refractivity contribution in [1.29, 1.82) is 0 Å². The Hall–Kier alpha value is -0.870. The summed E-state index contributed by atoms with van der Waals surface area (Å²) in [6.07, 6.45) is 1.23. The first-order chi connectivity index (χ1) is 8.82. The molecule has 4 heteroatoms. The average molecular weight is 266 g/mol. The van der Waals surface area contributed by atoms with Gasteiger partial charge in [-0.25, -0.2) is 0 Å². The summed E-state index contributed by atoms with van der Waals surface area (Å²) in [6, 6.07) is 0.595. The molecule has 0 saturated heterocycles. The third kappa shape index (κ3) is 4.62. The van der Waals surface area contributed by atoms with Crippen LogP contribution in [0.15, 0.2) is 0 Å². The Kier molecular flexibility index (Phi) is 6.01. The van der Waals surface area contributed by atoms with Gasteiger partial charge in [-0.2, -0.15) is 5.10 Å². The van der Waals surface area contributed by atoms with Crippen molar-refractivity contribution in [1.82, 2.24) is 20.0 Å². The molecule has 0 aliphatic heterocycles. The van der Waals surface area contributed by atoms with Crippen molar-refractivity contribution < 1.29 is 0 Å². The fourth-order valence-corrected chi connectivity index (χ4v) is 2.46. The maximum Gasteiger partial charge on any atom is 0.0641 e. The van der Waals surface area contributed by atoms with Crippen molar-refractivity contribution in [3.8, 4) is 0 Å². The van der Waals surface area contributed by atoms with Crippen molar-refractivity contribution in [2.75, 3.05) is 20.6 Å². The summed E-state index contributed by atoms with van der Waals surface area (Å²) in [4.78, 5) is 2.32. The van der Waals surface area contributed by atoms with Gasteiger partial charge >= 0.3 is 0 Å². The zero-order valence-electron chi connectivity index (χ0n) is 13.6. The van der Waals surface area contributed by atoms with Crippen molar-refractivity contribution in [2.45, 2.75) is 46.7 Å². The minimum absolute atomic E-state index is 0.595. The second-order valence-electron chi connectivity index (χ2n) is 6.15. The Morgan fingerprint density at radius 2 is 1.89 bits per heavy atom. The van der Waals surface area contributed by atoms with E-state index in [1.165, 1.54) is 17.7 Å². The van der Waals surface area contributed by atoms with Crippen LogP contribution in [-0.4, -0.2) is 41.4 Å². The van der Waals surface area contributed by atoms with Crippen molar-refractivity contribution in [2.24, 2.45) is 13.0 Å². The molecule has 1 rings (SSSR count). The summed E-state index contributed by atoms with van der Waals surface area (Å²) in [6.45, 7) is 10.7. The SMILES string of the molecule is Cc1nn(C)c(C)c1CNCC(CC(C)C)N(C)C. The van der Waals surface area contributed by atoms with Crippen LogP contribution in [0.2, 0.25) is 0 Å². The third-order valence-electron chi connectivity index (χ3n) is 3.81. The van der Waals surface area contributed by atoms with Crippen LogP contribution in [-0.2, 0) is 13.6 Å². The van der Waals surface area contributed by atoms with Crippen LogP contribution in [0.4, 0.5) is 0 Å². The van der Waals surface area contributed by atoms with Gasteiger partial charge < -0.3 is 10.2 Å². The third-order valence-corrected chi connectivity index (χ3v) is 3.81. The topological polar surface area (TPSA) is 33.1 Å². The number of hydrogen-bond acceptors (Lipinski definition) is 3. The van der Waals surface area contributed by atoms with Crippen LogP contribution in [0, 0.1) is 19.8 Å². The lowest BCUT2D eigenvalue weighted by Crippen LogP contribution is -2.38. The normalized spacial score (nSPS) is 13.5. The fraction of sp³-hybridized carbons (Fsp3) is 0.800. The Morgan fingerprint density at radius 1 is 1.26 bits per heavy atom. The Bertz CT molecular complexity index is 393. The number of rotatable bonds is 7. The molecule has 19 heavy (non-hydrogen) atoms. The standard InChI is InChI=1S/C15H30N4/c1-11(2)8-14(18(5)6)9-16-10-15-12(3)17-19(7)13(15)4/h11,14,16H,8-10H2,1-7H3. The van der Waals surface area contributed by atoms with E-state index in [4.69, 9.17) is 0 Å². The smallest absolute Gasteiger partial charge is 0.0641 e. The van der Waals surface area contributed by atoms with Crippen LogP contribution in [0.5, 0.6) is 0 Å². The highest BCUT2D eigenvalue weighted by molar-refractivity contribution is 5.23. The average Bonchev–Trinajstić information content (AvgIpc) is 2.53. The highest BCUT2D eigenvalue weighted by Crippen LogP contribution is 2.12. The highest BCUT2D eigenvalue weighted by atomic mass is 15.3. The van der Waals surface area contributed by atoms with Crippen LogP contribution in [0.25, 0.3) is 0 Å². The summed E-state index contributed by atoms with van der Waals surface area (Å²) in [7, 11) is 6.33. The highest BCUT2D eigenvalue weighted by Gasteiger charge is 2.14. The van der Waals surface area contributed by atoms with Crippen molar-refractivity contribution in [3.05, 3.63) is 17.0 Å². The number of hydrogen-bond donors (Lipinski definition) is 1. The van der Waals surface area contributed by atoms with E-state index in [1.807, 2.05) is 11.7 Å². The molecule has 1 aromatic rings. The van der Waals surface area contributed by atoms with Gasteiger partial charge in [-0.1, -0.05) is 13.8 Å². The minimum Gasteiger partial charge on any atom is -0.311 e. The molecule has 0 amide bonds. The van der Waals surface area contributed by atoms with Crippen LogP contribution in [0.3, 0.4) is 0 Å². The molecule has 1 atom stereocenters. The summed E-state index contributed by atoms with van der Waals surface area (Å²) in [5, 5.41) is 8.05. The van der Waals surface area contributed by atoms with E-state index < -0.39 is 0 Å². The van der Waals surface area contributed by atoms with E-state index in [2.05, 4.69) is 57.1 Å². The molecule has 1 N–H and O–H groups in total. The van der Waals surface area contributed by atoms with Gasteiger partial charge in [0.1, 0.15) is 0 Å². The predicted octanol–water partition coefficient (Wildman–Crippen LogP) is 2.10. The van der Waals surface area contributed by atoms with Gasteiger partial charge in [-0.3, -0.25) is 4.68 Å². The summed E-state index contributed by atoms with van der Waals surface area (Å²) >= 11 is 0. The molecule has 0 spiro atoms. The largest absolute Gasteiger partial charge is 0.311 e. The molecule has 0 fully saturated rings. The lowest BCUT2D eigenvalue weighted by Gasteiger charge is -2.26. The molecule has 1 unspecified atom stereocenters. The first-order valence-electron chi connectivity index (χ1n) is 7.19. The Morgan fingerprint density at radius 3 is 2.32 bits per heavy atom. The molecule has 1 heterocycles. The molecule has 0 radical (unpaired) electrons. The van der Waals surface area contributed by atoms with Crippen LogP contribution in [0.1, 0.15) is 37.2 Å². The number of nitrogens with one attached hydrogen (secondary N) is 1. The zero-order chi connectivity index (χ0) is 14.6. The molecule has 0 saturated carbocycles. The number of likely N-dealkylation sites (N-methyl/N-ethyl adjacent to an activating group) is 1. The fourth-order valence-electron chi connectivity index (χ4n) is 2.46. The molecule has 0 aliphatic carbocycles. The number of nitrogens with zero attached hydrogens (tertiary/aromatic N) is 3. The maximum absolute atomic E-state index is 4.46. The van der Waals surface area contributed by atoms with Crippen molar-refractivity contribution in [3.63, 3.8) is 0 Å². The summed E-state index contributed by atoms with van der Waals surface area (Å²) in [5.41, 5.74) is 3.73. The maximum atomic E-state index is 4.46. The molecule has 1 aromatic heterocycles. The molecule has 0 aromatic carbocycles. The first-order valence-corrected chi connectivity index (χ1v) is 7.19. The molecule has 4 nitrogen and oxygen atoms in total. The number of aromatic nitrogens is 2. The van der Waals surface area contributed by atoms with Crippen molar-refractivity contribution >= 4 is 0 Å². The quantitative estimate of drug-likeness (QED) is 0.820. The van der Waals surface area contributed by atoms with Gasteiger partial charge in [0, 0.05) is 37.4 Å². The van der Waals surface area contributed by atoms with Gasteiger partial charge in [0.2, 0.25) is 0 Å². The monoisotopic (exact) mass is 266 g/mol. The molecular formula is C15H30N4. The molecule has 0 bridgehead atoms. The summed E-state index contributed by atoms with van der Waals surface area (Å²) in [5.74, 6) is 0.732. The lowest BCUT2D eigenvalue weighted by atomic mass is 10.0. The van der Waals surface area contributed by atoms with E-state index in [-0.39, 0.29) is 0 Å². The second-order valence-corrected chi connectivity index (χ2v) is 6.15. The van der Waals surface area contributed by atoms with Crippen LogP contribution < -0.4 is 5.32 Å². The Balaban J connectivity index is 2.52. The van der Waals surface area contributed by atoms with Gasteiger partial charge in [-0.15, -0.1) is 0 Å². The lowest BCUT2D eigenvalue weighted by molar-refractivity contribution is 0.246. The first kappa shape index (κ1) is 16.2. The molecular weight excluding hydrogens is 236 g/mol. The molecule has 0 aliphatic rings. The second kappa shape index (κ2) is 7.06. The van der Waals surface area contributed by atoms with E-state index >= 15 is 0 Å². The van der Waals surface area contributed by atoms with Gasteiger partial charge in [0.15, 0.2) is 0 Å². The minimum atomic E-state index is 0.595. The van der Waals surface area contributed by atoms with Gasteiger partial charge in [0.05, 0.1) is 5.69 Å². The van der Waals surface area contributed by atoms with E-state index in [0.717, 1.165) is 24.7 Å². The van der Waals surface area contributed by atoms with Gasteiger partial charge in [-0.05, 0) is 40.3 Å². The van der Waals surface area contributed by atoms with Gasteiger partial charge in [0.25, 0.3) is 0 Å². The van der Waals surface area contributed by atoms with E-state index in [9.17, 15) is 0 Å². The predicted molar refractivity (Wildman–Crippen MR) is 81.3 cm³/mol. The molecule has 110 valence electrons. The van der Waals surface area contributed by atoms with E-state index in [0.29, 0.717) is 6.04 Å². The summed E-state index contributed by atoms with van der Waals surface area (Å²) < 4.78 is 1.96. The number of aryl methyl sites for hydroxylation is 2.